The molecule has 0 radical (unpaired) electrons. The van der Waals surface area contributed by atoms with Crippen LogP contribution in [0.5, 0.6) is 0 Å². The standard InChI is InChI=1S/C14H22N4S/c1-3-11(2)17-6-8-18(9-7-17)13-10-16-5-4-12(13)14(15)19/h4-5,10-11H,3,6-9H2,1-2H3,(H2,15,19). The molecule has 1 aromatic heterocycles. The average molecular weight is 278 g/mol. The molecule has 1 aromatic rings. The number of anilines is 1. The Kier molecular flexibility index (Phi) is 4.71. The lowest BCUT2D eigenvalue weighted by Gasteiger charge is -2.39. The number of pyridine rings is 1. The number of piperazine rings is 1. The Balaban J connectivity index is 2.08. The van der Waals surface area contributed by atoms with Gasteiger partial charge in [-0.05, 0) is 19.4 Å². The SMILES string of the molecule is CCC(C)N1CCN(c2cnccc2C(N)=S)CC1. The highest BCUT2D eigenvalue weighted by Crippen LogP contribution is 2.21. The van der Waals surface area contributed by atoms with Crippen molar-refractivity contribution >= 4 is 22.9 Å². The summed E-state index contributed by atoms with van der Waals surface area (Å²) in [6, 6.07) is 2.56. The normalized spacial score (nSPS) is 18.3. The maximum atomic E-state index is 5.78. The largest absolute Gasteiger partial charge is 0.389 e. The molecule has 1 aliphatic rings. The Morgan fingerprint density at radius 1 is 1.42 bits per heavy atom. The molecule has 0 saturated carbocycles. The maximum absolute atomic E-state index is 5.78. The van der Waals surface area contributed by atoms with Crippen molar-refractivity contribution in [3.05, 3.63) is 24.0 Å². The summed E-state index contributed by atoms with van der Waals surface area (Å²) in [5.74, 6) is 0. The lowest BCUT2D eigenvalue weighted by Crippen LogP contribution is -2.49. The molecule has 2 N–H and O–H groups in total. The van der Waals surface area contributed by atoms with Crippen LogP contribution in [-0.4, -0.2) is 47.1 Å². The molecular weight excluding hydrogens is 256 g/mol. The Morgan fingerprint density at radius 3 is 2.68 bits per heavy atom. The third kappa shape index (κ3) is 3.22. The number of rotatable bonds is 4. The minimum Gasteiger partial charge on any atom is -0.389 e. The van der Waals surface area contributed by atoms with E-state index >= 15 is 0 Å². The first-order valence-electron chi connectivity index (χ1n) is 6.86. The maximum Gasteiger partial charge on any atom is 0.106 e. The van der Waals surface area contributed by atoms with Crippen molar-refractivity contribution in [1.82, 2.24) is 9.88 Å². The molecule has 0 amide bonds. The van der Waals surface area contributed by atoms with Gasteiger partial charge < -0.3 is 10.6 Å². The lowest BCUT2D eigenvalue weighted by molar-refractivity contribution is 0.193. The van der Waals surface area contributed by atoms with Gasteiger partial charge >= 0.3 is 0 Å². The summed E-state index contributed by atoms with van der Waals surface area (Å²) in [6.45, 7) is 8.71. The number of aromatic nitrogens is 1. The lowest BCUT2D eigenvalue weighted by atomic mass is 10.1. The molecule has 0 aliphatic carbocycles. The van der Waals surface area contributed by atoms with Crippen molar-refractivity contribution in [1.29, 1.82) is 0 Å². The second-order valence-corrected chi connectivity index (χ2v) is 5.48. The van der Waals surface area contributed by atoms with Gasteiger partial charge in [-0.25, -0.2) is 0 Å². The number of hydrogen-bond donors (Lipinski definition) is 1. The summed E-state index contributed by atoms with van der Waals surface area (Å²) in [4.78, 5) is 9.52. The zero-order valence-corrected chi connectivity index (χ0v) is 12.5. The summed E-state index contributed by atoms with van der Waals surface area (Å²) < 4.78 is 0. The zero-order valence-electron chi connectivity index (χ0n) is 11.7. The molecule has 1 atom stereocenters. The second kappa shape index (κ2) is 6.30. The first-order valence-corrected chi connectivity index (χ1v) is 7.27. The van der Waals surface area contributed by atoms with Gasteiger partial charge in [0.15, 0.2) is 0 Å². The van der Waals surface area contributed by atoms with Gasteiger partial charge in [0.2, 0.25) is 0 Å². The van der Waals surface area contributed by atoms with Gasteiger partial charge in [0.25, 0.3) is 0 Å². The van der Waals surface area contributed by atoms with Crippen LogP contribution in [0, 0.1) is 0 Å². The summed E-state index contributed by atoms with van der Waals surface area (Å²) in [7, 11) is 0. The number of nitrogens with two attached hydrogens (primary N) is 1. The van der Waals surface area contributed by atoms with Crippen LogP contribution in [-0.2, 0) is 0 Å². The van der Waals surface area contributed by atoms with Gasteiger partial charge in [-0.3, -0.25) is 9.88 Å². The molecule has 1 aliphatic heterocycles. The molecule has 4 nitrogen and oxygen atoms in total. The van der Waals surface area contributed by atoms with Crippen LogP contribution in [0.2, 0.25) is 0 Å². The molecular formula is C14H22N4S. The van der Waals surface area contributed by atoms with Gasteiger partial charge in [0, 0.05) is 44.0 Å². The van der Waals surface area contributed by atoms with Gasteiger partial charge in [-0.2, -0.15) is 0 Å². The second-order valence-electron chi connectivity index (χ2n) is 5.04. The molecule has 19 heavy (non-hydrogen) atoms. The molecule has 2 heterocycles. The van der Waals surface area contributed by atoms with E-state index in [0.717, 1.165) is 37.4 Å². The van der Waals surface area contributed by atoms with Crippen molar-refractivity contribution in [2.45, 2.75) is 26.3 Å². The monoisotopic (exact) mass is 278 g/mol. The van der Waals surface area contributed by atoms with E-state index in [2.05, 4.69) is 28.6 Å². The molecule has 104 valence electrons. The predicted octanol–water partition coefficient (Wildman–Crippen LogP) is 1.64. The number of hydrogen-bond acceptors (Lipinski definition) is 4. The van der Waals surface area contributed by atoms with E-state index in [-0.39, 0.29) is 0 Å². The summed E-state index contributed by atoms with van der Waals surface area (Å²) >= 11 is 5.12. The summed E-state index contributed by atoms with van der Waals surface area (Å²) in [6.07, 6.45) is 4.81. The summed E-state index contributed by atoms with van der Waals surface area (Å²) in [5, 5.41) is 0. The van der Waals surface area contributed by atoms with E-state index in [9.17, 15) is 0 Å². The molecule has 1 unspecified atom stereocenters. The molecule has 0 bridgehead atoms. The first kappa shape index (κ1) is 14.2. The van der Waals surface area contributed by atoms with E-state index in [4.69, 9.17) is 18.0 Å². The molecule has 1 saturated heterocycles. The van der Waals surface area contributed by atoms with Gasteiger partial charge in [-0.15, -0.1) is 0 Å². The minimum atomic E-state index is 0.446. The van der Waals surface area contributed by atoms with Crippen LogP contribution in [0.3, 0.4) is 0 Å². The molecule has 0 spiro atoms. The van der Waals surface area contributed by atoms with Gasteiger partial charge in [0.1, 0.15) is 4.99 Å². The average Bonchev–Trinajstić information content (AvgIpc) is 2.46. The Morgan fingerprint density at radius 2 is 2.11 bits per heavy atom. The van der Waals surface area contributed by atoms with E-state index in [1.165, 1.54) is 6.42 Å². The van der Waals surface area contributed by atoms with Crippen LogP contribution < -0.4 is 10.6 Å². The Bertz CT molecular complexity index is 441. The third-order valence-electron chi connectivity index (χ3n) is 3.93. The molecule has 1 fully saturated rings. The van der Waals surface area contributed by atoms with Crippen LogP contribution >= 0.6 is 12.2 Å². The van der Waals surface area contributed by atoms with Gasteiger partial charge in [0.05, 0.1) is 11.9 Å². The number of thiocarbonyl (C=S) groups is 1. The van der Waals surface area contributed by atoms with Crippen molar-refractivity contribution in [2.24, 2.45) is 5.73 Å². The summed E-state index contributed by atoms with van der Waals surface area (Å²) in [5.41, 5.74) is 7.79. The number of nitrogens with zero attached hydrogens (tertiary/aromatic N) is 3. The molecule has 0 aromatic carbocycles. The highest BCUT2D eigenvalue weighted by Gasteiger charge is 2.22. The van der Waals surface area contributed by atoms with Crippen molar-refractivity contribution in [2.75, 3.05) is 31.1 Å². The van der Waals surface area contributed by atoms with Crippen molar-refractivity contribution in [3.63, 3.8) is 0 Å². The minimum absolute atomic E-state index is 0.446. The fourth-order valence-electron chi connectivity index (χ4n) is 2.51. The van der Waals surface area contributed by atoms with Crippen LogP contribution in [0.25, 0.3) is 0 Å². The highest BCUT2D eigenvalue weighted by atomic mass is 32.1. The molecule has 5 heteroatoms. The van der Waals surface area contributed by atoms with Crippen LogP contribution in [0.15, 0.2) is 18.5 Å². The Hall–Kier alpha value is -1.20. The van der Waals surface area contributed by atoms with Crippen molar-refractivity contribution < 1.29 is 0 Å². The predicted molar refractivity (Wildman–Crippen MR) is 83.7 cm³/mol. The smallest absolute Gasteiger partial charge is 0.106 e. The highest BCUT2D eigenvalue weighted by molar-refractivity contribution is 7.80. The van der Waals surface area contributed by atoms with E-state index in [0.29, 0.717) is 11.0 Å². The third-order valence-corrected chi connectivity index (χ3v) is 4.15. The van der Waals surface area contributed by atoms with Gasteiger partial charge in [-0.1, -0.05) is 19.1 Å². The quantitative estimate of drug-likeness (QED) is 0.848. The topological polar surface area (TPSA) is 45.4 Å². The molecule has 2 rings (SSSR count). The van der Waals surface area contributed by atoms with E-state index in [1.54, 1.807) is 6.20 Å². The fourth-order valence-corrected chi connectivity index (χ4v) is 2.68. The Labute approximate surface area is 120 Å². The first-order chi connectivity index (χ1) is 9.13. The van der Waals surface area contributed by atoms with Crippen LogP contribution in [0.4, 0.5) is 5.69 Å². The fraction of sp³-hybridized carbons (Fsp3) is 0.571. The van der Waals surface area contributed by atoms with E-state index < -0.39 is 0 Å². The van der Waals surface area contributed by atoms with E-state index in [1.807, 2.05) is 12.3 Å². The van der Waals surface area contributed by atoms with Crippen LogP contribution in [0.1, 0.15) is 25.8 Å². The zero-order chi connectivity index (χ0) is 13.8. The van der Waals surface area contributed by atoms with Crippen molar-refractivity contribution in [3.8, 4) is 0 Å².